The third kappa shape index (κ3) is 2.82. The van der Waals surface area contributed by atoms with Crippen molar-refractivity contribution in [2.24, 2.45) is 0 Å². The molecule has 0 saturated carbocycles. The van der Waals surface area contributed by atoms with Crippen LogP contribution in [0.1, 0.15) is 24.2 Å². The second-order valence-electron chi connectivity index (χ2n) is 5.36. The molecule has 0 amide bonds. The molecule has 0 radical (unpaired) electrons. The first-order valence-corrected chi connectivity index (χ1v) is 7.24. The third-order valence-electron chi connectivity index (χ3n) is 4.01. The summed E-state index contributed by atoms with van der Waals surface area (Å²) >= 11 is 0. The number of hydrogen-bond acceptors (Lipinski definition) is 3. The lowest BCUT2D eigenvalue weighted by atomic mass is 10.1. The van der Waals surface area contributed by atoms with E-state index in [2.05, 4.69) is 29.3 Å². The zero-order valence-electron chi connectivity index (χ0n) is 11.6. The van der Waals surface area contributed by atoms with Crippen LogP contribution >= 0.6 is 0 Å². The molecule has 19 heavy (non-hydrogen) atoms. The molecule has 0 aliphatic carbocycles. The molecule has 0 spiro atoms. The Morgan fingerprint density at radius 3 is 2.84 bits per heavy atom. The number of nitrogens with one attached hydrogen (secondary N) is 1. The fraction of sp³-hybridized carbons (Fsp3) is 0.500. The SMILES string of the molecule is Cc1oc2ccccc2c1CNCCN1CCCC1. The maximum atomic E-state index is 5.78. The highest BCUT2D eigenvalue weighted by Crippen LogP contribution is 2.24. The van der Waals surface area contributed by atoms with Crippen molar-refractivity contribution in [1.29, 1.82) is 0 Å². The molecule has 3 heteroatoms. The summed E-state index contributed by atoms with van der Waals surface area (Å²) in [6, 6.07) is 8.28. The monoisotopic (exact) mass is 258 g/mol. The highest BCUT2D eigenvalue weighted by molar-refractivity contribution is 5.82. The van der Waals surface area contributed by atoms with Crippen LogP contribution < -0.4 is 5.32 Å². The molecule has 1 saturated heterocycles. The molecule has 1 aliphatic rings. The van der Waals surface area contributed by atoms with E-state index in [0.717, 1.165) is 31.0 Å². The standard InChI is InChI=1S/C16H22N2O/c1-13-15(14-6-2-3-7-16(14)19-13)12-17-8-11-18-9-4-5-10-18/h2-3,6-7,17H,4-5,8-12H2,1H3. The second-order valence-corrected chi connectivity index (χ2v) is 5.36. The Balaban J connectivity index is 1.57. The summed E-state index contributed by atoms with van der Waals surface area (Å²) in [6.07, 6.45) is 2.73. The Bertz CT molecular complexity index is 541. The summed E-state index contributed by atoms with van der Waals surface area (Å²) in [7, 11) is 0. The first-order valence-electron chi connectivity index (χ1n) is 7.24. The molecule has 1 N–H and O–H groups in total. The van der Waals surface area contributed by atoms with Crippen LogP contribution in [-0.4, -0.2) is 31.1 Å². The molecule has 0 unspecified atom stereocenters. The van der Waals surface area contributed by atoms with E-state index < -0.39 is 0 Å². The minimum atomic E-state index is 0.899. The molecule has 2 heterocycles. The van der Waals surface area contributed by atoms with Gasteiger partial charge in [0.15, 0.2) is 0 Å². The molecule has 1 aromatic heterocycles. The van der Waals surface area contributed by atoms with Gasteiger partial charge in [-0.15, -0.1) is 0 Å². The van der Waals surface area contributed by atoms with E-state index >= 15 is 0 Å². The minimum Gasteiger partial charge on any atom is -0.461 e. The molecule has 0 bridgehead atoms. The quantitative estimate of drug-likeness (QED) is 0.836. The largest absolute Gasteiger partial charge is 0.461 e. The summed E-state index contributed by atoms with van der Waals surface area (Å²) in [5.74, 6) is 1.04. The zero-order chi connectivity index (χ0) is 13.1. The number of furan rings is 1. The Morgan fingerprint density at radius 1 is 1.21 bits per heavy atom. The average Bonchev–Trinajstić information content (AvgIpc) is 3.02. The molecule has 2 aromatic rings. The van der Waals surface area contributed by atoms with Gasteiger partial charge in [-0.25, -0.2) is 0 Å². The lowest BCUT2D eigenvalue weighted by Gasteiger charge is -2.14. The number of aryl methyl sites for hydroxylation is 1. The van der Waals surface area contributed by atoms with Gasteiger partial charge in [-0.2, -0.15) is 0 Å². The number of para-hydroxylation sites is 1. The van der Waals surface area contributed by atoms with E-state index in [9.17, 15) is 0 Å². The number of hydrogen-bond donors (Lipinski definition) is 1. The predicted octanol–water partition coefficient (Wildman–Crippen LogP) is 2.93. The van der Waals surface area contributed by atoms with Crippen molar-refractivity contribution >= 4 is 11.0 Å². The summed E-state index contributed by atoms with van der Waals surface area (Å²) < 4.78 is 5.78. The number of rotatable bonds is 5. The highest BCUT2D eigenvalue weighted by atomic mass is 16.3. The van der Waals surface area contributed by atoms with Crippen LogP contribution in [0.25, 0.3) is 11.0 Å². The molecule has 102 valence electrons. The van der Waals surface area contributed by atoms with Crippen LogP contribution in [0.15, 0.2) is 28.7 Å². The van der Waals surface area contributed by atoms with E-state index in [4.69, 9.17) is 4.42 Å². The van der Waals surface area contributed by atoms with Crippen molar-refractivity contribution in [2.75, 3.05) is 26.2 Å². The van der Waals surface area contributed by atoms with Gasteiger partial charge < -0.3 is 14.6 Å². The summed E-state index contributed by atoms with van der Waals surface area (Å²) in [4.78, 5) is 2.54. The van der Waals surface area contributed by atoms with Crippen molar-refractivity contribution in [3.8, 4) is 0 Å². The number of likely N-dealkylation sites (tertiary alicyclic amines) is 1. The van der Waals surface area contributed by atoms with Gasteiger partial charge in [0, 0.05) is 30.6 Å². The van der Waals surface area contributed by atoms with Gasteiger partial charge >= 0.3 is 0 Å². The zero-order valence-corrected chi connectivity index (χ0v) is 11.6. The Morgan fingerprint density at radius 2 is 2.00 bits per heavy atom. The van der Waals surface area contributed by atoms with Crippen LogP contribution in [0.3, 0.4) is 0 Å². The van der Waals surface area contributed by atoms with Crippen molar-refractivity contribution in [2.45, 2.75) is 26.3 Å². The average molecular weight is 258 g/mol. The Labute approximate surface area is 114 Å². The van der Waals surface area contributed by atoms with Crippen molar-refractivity contribution < 1.29 is 4.42 Å². The highest BCUT2D eigenvalue weighted by Gasteiger charge is 2.12. The maximum absolute atomic E-state index is 5.78. The maximum Gasteiger partial charge on any atom is 0.134 e. The number of benzene rings is 1. The minimum absolute atomic E-state index is 0.899. The molecule has 3 rings (SSSR count). The smallest absolute Gasteiger partial charge is 0.134 e. The number of nitrogens with zero attached hydrogens (tertiary/aromatic N) is 1. The van der Waals surface area contributed by atoms with Gasteiger partial charge in [0.25, 0.3) is 0 Å². The van der Waals surface area contributed by atoms with E-state index in [0.29, 0.717) is 0 Å². The van der Waals surface area contributed by atoms with Gasteiger partial charge in [-0.1, -0.05) is 18.2 Å². The van der Waals surface area contributed by atoms with Crippen LogP contribution in [-0.2, 0) is 6.54 Å². The molecular weight excluding hydrogens is 236 g/mol. The van der Waals surface area contributed by atoms with Crippen molar-refractivity contribution in [1.82, 2.24) is 10.2 Å². The van der Waals surface area contributed by atoms with Gasteiger partial charge in [-0.05, 0) is 38.9 Å². The van der Waals surface area contributed by atoms with E-state index in [1.54, 1.807) is 0 Å². The van der Waals surface area contributed by atoms with Gasteiger partial charge in [0.05, 0.1) is 0 Å². The van der Waals surface area contributed by atoms with E-state index in [-0.39, 0.29) is 0 Å². The van der Waals surface area contributed by atoms with Crippen LogP contribution in [0.5, 0.6) is 0 Å². The number of fused-ring (bicyclic) bond motifs is 1. The van der Waals surface area contributed by atoms with Crippen molar-refractivity contribution in [3.63, 3.8) is 0 Å². The molecular formula is C16H22N2O. The molecule has 0 atom stereocenters. The predicted molar refractivity (Wildman–Crippen MR) is 78.3 cm³/mol. The summed E-state index contributed by atoms with van der Waals surface area (Å²) in [6.45, 7) is 7.71. The van der Waals surface area contributed by atoms with Crippen LogP contribution in [0, 0.1) is 6.92 Å². The Kier molecular flexibility index (Phi) is 3.85. The fourth-order valence-electron chi connectivity index (χ4n) is 2.90. The van der Waals surface area contributed by atoms with Gasteiger partial charge in [0.1, 0.15) is 11.3 Å². The van der Waals surface area contributed by atoms with Crippen LogP contribution in [0.4, 0.5) is 0 Å². The summed E-state index contributed by atoms with van der Waals surface area (Å²) in [5.41, 5.74) is 2.30. The summed E-state index contributed by atoms with van der Waals surface area (Å²) in [5, 5.41) is 4.79. The van der Waals surface area contributed by atoms with Crippen LogP contribution in [0.2, 0.25) is 0 Å². The van der Waals surface area contributed by atoms with E-state index in [1.165, 1.54) is 36.9 Å². The topological polar surface area (TPSA) is 28.4 Å². The third-order valence-corrected chi connectivity index (χ3v) is 4.01. The lowest BCUT2D eigenvalue weighted by molar-refractivity contribution is 0.335. The van der Waals surface area contributed by atoms with Gasteiger partial charge in [-0.3, -0.25) is 0 Å². The molecule has 3 nitrogen and oxygen atoms in total. The molecule has 1 fully saturated rings. The molecule has 1 aliphatic heterocycles. The van der Waals surface area contributed by atoms with Crippen molar-refractivity contribution in [3.05, 3.63) is 35.6 Å². The molecule has 1 aromatic carbocycles. The fourth-order valence-corrected chi connectivity index (χ4v) is 2.90. The Hall–Kier alpha value is -1.32. The first-order chi connectivity index (χ1) is 9.34. The normalized spacial score (nSPS) is 16.5. The van der Waals surface area contributed by atoms with E-state index in [1.807, 2.05) is 12.1 Å². The first kappa shape index (κ1) is 12.7. The second kappa shape index (κ2) is 5.76. The lowest BCUT2D eigenvalue weighted by Crippen LogP contribution is -2.29. The van der Waals surface area contributed by atoms with Gasteiger partial charge in [0.2, 0.25) is 0 Å².